The highest BCUT2D eigenvalue weighted by atomic mass is 32.2. The van der Waals surface area contributed by atoms with Crippen molar-refractivity contribution in [1.82, 2.24) is 10.2 Å². The maximum atomic E-state index is 12.9. The molecular weight excluding hydrogens is 402 g/mol. The van der Waals surface area contributed by atoms with Crippen molar-refractivity contribution in [2.45, 2.75) is 25.7 Å². The van der Waals surface area contributed by atoms with Gasteiger partial charge in [0.2, 0.25) is 10.0 Å². The van der Waals surface area contributed by atoms with Crippen LogP contribution in [0.2, 0.25) is 0 Å². The van der Waals surface area contributed by atoms with Crippen molar-refractivity contribution in [1.29, 1.82) is 0 Å². The molecule has 2 N–H and O–H groups in total. The third kappa shape index (κ3) is 5.18. The van der Waals surface area contributed by atoms with Crippen LogP contribution in [0, 0.1) is 6.92 Å². The summed E-state index contributed by atoms with van der Waals surface area (Å²) < 4.78 is 25.6. The van der Waals surface area contributed by atoms with Gasteiger partial charge in [-0.15, -0.1) is 0 Å². The van der Waals surface area contributed by atoms with Gasteiger partial charge in [-0.05, 0) is 61.1 Å². The lowest BCUT2D eigenvalue weighted by molar-refractivity contribution is 0.0712. The number of carbonyl (C=O) groups is 2. The van der Waals surface area contributed by atoms with E-state index in [-0.39, 0.29) is 11.8 Å². The number of amides is 2. The van der Waals surface area contributed by atoms with E-state index in [2.05, 4.69) is 10.0 Å². The maximum Gasteiger partial charge on any atom is 0.253 e. The maximum absolute atomic E-state index is 12.9. The van der Waals surface area contributed by atoms with Gasteiger partial charge in [-0.25, -0.2) is 8.42 Å². The van der Waals surface area contributed by atoms with Gasteiger partial charge in [0.25, 0.3) is 11.8 Å². The summed E-state index contributed by atoms with van der Waals surface area (Å²) >= 11 is 0. The molecule has 0 spiro atoms. The molecule has 0 atom stereocenters. The Balaban J connectivity index is 1.65. The van der Waals surface area contributed by atoms with Gasteiger partial charge in [-0.2, -0.15) is 0 Å². The van der Waals surface area contributed by atoms with Crippen LogP contribution in [0.15, 0.2) is 42.5 Å². The van der Waals surface area contributed by atoms with E-state index in [9.17, 15) is 18.0 Å². The number of rotatable bonds is 5. The summed E-state index contributed by atoms with van der Waals surface area (Å²) in [4.78, 5) is 26.4. The van der Waals surface area contributed by atoms with Crippen molar-refractivity contribution >= 4 is 27.5 Å². The highest BCUT2D eigenvalue weighted by Crippen LogP contribution is 2.29. The van der Waals surface area contributed by atoms with Gasteiger partial charge in [-0.3, -0.25) is 14.3 Å². The lowest BCUT2D eigenvalue weighted by Gasteiger charge is -2.32. The minimum Gasteiger partial charge on any atom is -0.355 e. The summed E-state index contributed by atoms with van der Waals surface area (Å²) in [6, 6.07) is 12.7. The van der Waals surface area contributed by atoms with E-state index in [0.29, 0.717) is 35.8 Å². The van der Waals surface area contributed by atoms with Crippen LogP contribution in [-0.4, -0.2) is 51.5 Å². The van der Waals surface area contributed by atoms with Crippen LogP contribution in [-0.2, 0) is 10.0 Å². The molecule has 2 aromatic carbocycles. The summed E-state index contributed by atoms with van der Waals surface area (Å²) in [5, 5.41) is 2.61. The van der Waals surface area contributed by atoms with Crippen molar-refractivity contribution in [3.8, 4) is 0 Å². The summed E-state index contributed by atoms with van der Waals surface area (Å²) in [5.41, 5.74) is 3.46. The largest absolute Gasteiger partial charge is 0.355 e. The van der Waals surface area contributed by atoms with Gasteiger partial charge >= 0.3 is 0 Å². The Morgan fingerprint density at radius 1 is 1.00 bits per heavy atom. The standard InChI is InChI=1S/C22H27N3O4S/c1-15-4-5-19(14-20(15)24-30(3,28)29)22(27)25-12-10-17(11-13-25)16-6-8-18(9-7-16)21(26)23-2/h4-9,14,17,24H,10-13H2,1-3H3,(H,23,26). The SMILES string of the molecule is CNC(=O)c1ccc(C2CCN(C(=O)c3ccc(C)c(NS(C)(=O)=O)c3)CC2)cc1. The number of benzene rings is 2. The fourth-order valence-corrected chi connectivity index (χ4v) is 4.33. The molecule has 0 saturated carbocycles. The number of piperidine rings is 1. The number of hydrogen-bond donors (Lipinski definition) is 2. The van der Waals surface area contributed by atoms with E-state index in [1.807, 2.05) is 29.2 Å². The Labute approximate surface area is 177 Å². The number of anilines is 1. The molecule has 0 bridgehead atoms. The monoisotopic (exact) mass is 429 g/mol. The highest BCUT2D eigenvalue weighted by Gasteiger charge is 2.25. The van der Waals surface area contributed by atoms with Crippen molar-refractivity contribution < 1.29 is 18.0 Å². The molecule has 2 amide bonds. The van der Waals surface area contributed by atoms with Gasteiger partial charge in [0.1, 0.15) is 0 Å². The molecule has 1 saturated heterocycles. The second kappa shape index (κ2) is 8.87. The molecule has 8 heteroatoms. The van der Waals surface area contributed by atoms with Crippen molar-refractivity contribution in [2.24, 2.45) is 0 Å². The zero-order valence-electron chi connectivity index (χ0n) is 17.4. The Hall–Kier alpha value is -2.87. The van der Waals surface area contributed by atoms with Crippen LogP contribution in [0.3, 0.4) is 0 Å². The minimum atomic E-state index is -3.42. The minimum absolute atomic E-state index is 0.0973. The van der Waals surface area contributed by atoms with E-state index in [0.717, 1.165) is 24.7 Å². The van der Waals surface area contributed by atoms with Gasteiger partial charge < -0.3 is 10.2 Å². The lowest BCUT2D eigenvalue weighted by atomic mass is 9.88. The van der Waals surface area contributed by atoms with E-state index in [4.69, 9.17) is 0 Å². The number of nitrogens with zero attached hydrogens (tertiary/aromatic N) is 1. The van der Waals surface area contributed by atoms with E-state index in [1.54, 1.807) is 32.2 Å². The molecule has 7 nitrogen and oxygen atoms in total. The fraction of sp³-hybridized carbons (Fsp3) is 0.364. The van der Waals surface area contributed by atoms with Gasteiger partial charge in [0, 0.05) is 31.3 Å². The molecule has 1 fully saturated rings. The second-order valence-electron chi connectivity index (χ2n) is 7.67. The third-order valence-electron chi connectivity index (χ3n) is 5.43. The Bertz CT molecular complexity index is 1040. The van der Waals surface area contributed by atoms with E-state index < -0.39 is 10.0 Å². The number of aryl methyl sites for hydroxylation is 1. The van der Waals surface area contributed by atoms with Gasteiger partial charge in [0.15, 0.2) is 0 Å². The molecule has 0 aromatic heterocycles. The molecule has 0 aliphatic carbocycles. The van der Waals surface area contributed by atoms with Crippen LogP contribution in [0.1, 0.15) is 50.6 Å². The van der Waals surface area contributed by atoms with Crippen molar-refractivity contribution in [3.63, 3.8) is 0 Å². The average Bonchev–Trinajstić information content (AvgIpc) is 2.73. The molecule has 2 aromatic rings. The predicted molar refractivity (Wildman–Crippen MR) is 117 cm³/mol. The second-order valence-corrected chi connectivity index (χ2v) is 9.42. The molecule has 30 heavy (non-hydrogen) atoms. The van der Waals surface area contributed by atoms with Crippen LogP contribution in [0.25, 0.3) is 0 Å². The van der Waals surface area contributed by atoms with Crippen LogP contribution in [0.4, 0.5) is 5.69 Å². The first kappa shape index (κ1) is 21.8. The molecule has 3 rings (SSSR count). The molecule has 0 unspecified atom stereocenters. The van der Waals surface area contributed by atoms with Crippen molar-refractivity contribution in [2.75, 3.05) is 31.1 Å². The first-order chi connectivity index (χ1) is 14.2. The smallest absolute Gasteiger partial charge is 0.253 e. The number of likely N-dealkylation sites (tertiary alicyclic amines) is 1. The summed E-state index contributed by atoms with van der Waals surface area (Å²) in [6.07, 6.45) is 2.77. The Morgan fingerprint density at radius 2 is 1.60 bits per heavy atom. The van der Waals surface area contributed by atoms with Crippen LogP contribution in [0.5, 0.6) is 0 Å². The lowest BCUT2D eigenvalue weighted by Crippen LogP contribution is -2.38. The molecule has 0 radical (unpaired) electrons. The zero-order valence-corrected chi connectivity index (χ0v) is 18.3. The van der Waals surface area contributed by atoms with E-state index >= 15 is 0 Å². The van der Waals surface area contributed by atoms with Crippen molar-refractivity contribution in [3.05, 3.63) is 64.7 Å². The normalized spacial score (nSPS) is 15.0. The summed E-state index contributed by atoms with van der Waals surface area (Å²) in [7, 11) is -1.81. The Kier molecular flexibility index (Phi) is 6.45. The average molecular weight is 430 g/mol. The van der Waals surface area contributed by atoms with E-state index in [1.165, 1.54) is 5.56 Å². The highest BCUT2D eigenvalue weighted by molar-refractivity contribution is 7.92. The van der Waals surface area contributed by atoms with Gasteiger partial charge in [-0.1, -0.05) is 18.2 Å². The number of sulfonamides is 1. The topological polar surface area (TPSA) is 95.6 Å². The zero-order chi connectivity index (χ0) is 21.9. The Morgan fingerprint density at radius 3 is 2.17 bits per heavy atom. The first-order valence-electron chi connectivity index (χ1n) is 9.87. The molecular formula is C22H27N3O4S. The molecule has 1 aliphatic rings. The third-order valence-corrected chi connectivity index (χ3v) is 6.02. The summed E-state index contributed by atoms with van der Waals surface area (Å²) in [6.45, 7) is 3.05. The predicted octanol–water partition coefficient (Wildman–Crippen LogP) is 2.75. The quantitative estimate of drug-likeness (QED) is 0.764. The number of hydrogen-bond acceptors (Lipinski definition) is 4. The number of nitrogens with one attached hydrogen (secondary N) is 2. The van der Waals surface area contributed by atoms with Gasteiger partial charge in [0.05, 0.1) is 11.9 Å². The van der Waals surface area contributed by atoms with Crippen LogP contribution < -0.4 is 10.0 Å². The fourth-order valence-electron chi connectivity index (χ4n) is 3.71. The summed E-state index contributed by atoms with van der Waals surface area (Å²) in [5.74, 6) is 0.137. The molecule has 1 aliphatic heterocycles. The number of carbonyl (C=O) groups excluding carboxylic acids is 2. The molecule has 160 valence electrons. The van der Waals surface area contributed by atoms with Crippen LogP contribution >= 0.6 is 0 Å². The first-order valence-corrected chi connectivity index (χ1v) is 11.8. The molecule has 1 heterocycles.